The second-order valence-electron chi connectivity index (χ2n) is 7.85. The summed E-state index contributed by atoms with van der Waals surface area (Å²) in [6.07, 6.45) is 3.05. The van der Waals surface area contributed by atoms with E-state index in [2.05, 4.69) is 12.1 Å². The molecule has 0 bridgehead atoms. The van der Waals surface area contributed by atoms with Gasteiger partial charge in [-0.1, -0.05) is 55.7 Å². The largest absolute Gasteiger partial charge is 0.449 e. The molecule has 0 heterocycles. The number of carbonyl (C=O) groups is 2. The normalized spacial score (nSPS) is 15.7. The lowest BCUT2D eigenvalue weighted by molar-refractivity contribution is -0.143. The molecule has 0 unspecified atom stereocenters. The first-order valence-electron chi connectivity index (χ1n) is 10.4. The van der Waals surface area contributed by atoms with E-state index in [9.17, 15) is 20.1 Å². The lowest BCUT2D eigenvalue weighted by Crippen LogP contribution is -2.53. The van der Waals surface area contributed by atoms with Crippen molar-refractivity contribution in [3.05, 3.63) is 59.7 Å². The number of esters is 1. The minimum absolute atomic E-state index is 0.278. The number of ether oxygens (including phenoxy) is 1. The summed E-state index contributed by atoms with van der Waals surface area (Å²) in [6, 6.07) is 18.3. The second kappa shape index (κ2) is 9.45. The topological polar surface area (TPSA) is 94.2 Å². The highest BCUT2D eigenvalue weighted by molar-refractivity contribution is 5.99. The van der Waals surface area contributed by atoms with Crippen LogP contribution in [-0.2, 0) is 9.53 Å². The zero-order chi connectivity index (χ0) is 22.4. The Kier molecular flexibility index (Phi) is 6.72. The van der Waals surface area contributed by atoms with Gasteiger partial charge in [0.05, 0.1) is 23.3 Å². The number of hydrogen-bond acceptors (Lipinski definition) is 5. The monoisotopic (exact) mass is 415 g/mol. The SMILES string of the molecule is C[C@@H](OC(=O)c1ccccc1-c1ccccc1C#N)C(=O)N(C)C1(C#N)CCCCC1. The van der Waals surface area contributed by atoms with Crippen molar-refractivity contribution in [2.24, 2.45) is 0 Å². The third-order valence-corrected chi connectivity index (χ3v) is 5.98. The average Bonchev–Trinajstić information content (AvgIpc) is 2.83. The van der Waals surface area contributed by atoms with Crippen molar-refractivity contribution in [2.45, 2.75) is 50.7 Å². The molecular formula is C25H25N3O3. The summed E-state index contributed by atoms with van der Waals surface area (Å²) in [6.45, 7) is 1.52. The third kappa shape index (κ3) is 4.44. The van der Waals surface area contributed by atoms with Crippen molar-refractivity contribution in [3.63, 3.8) is 0 Å². The lowest BCUT2D eigenvalue weighted by Gasteiger charge is -2.39. The molecule has 0 N–H and O–H groups in total. The molecule has 2 aromatic carbocycles. The van der Waals surface area contributed by atoms with Gasteiger partial charge in [-0.05, 0) is 37.5 Å². The van der Waals surface area contributed by atoms with Gasteiger partial charge < -0.3 is 9.64 Å². The van der Waals surface area contributed by atoms with Crippen molar-refractivity contribution in [2.75, 3.05) is 7.05 Å². The molecule has 2 aromatic rings. The Morgan fingerprint density at radius 2 is 1.61 bits per heavy atom. The van der Waals surface area contributed by atoms with Gasteiger partial charge in [-0.3, -0.25) is 4.79 Å². The van der Waals surface area contributed by atoms with Crippen LogP contribution in [0.15, 0.2) is 48.5 Å². The third-order valence-electron chi connectivity index (χ3n) is 5.98. The molecule has 158 valence electrons. The van der Waals surface area contributed by atoms with Crippen LogP contribution in [0.25, 0.3) is 11.1 Å². The van der Waals surface area contributed by atoms with E-state index in [-0.39, 0.29) is 5.56 Å². The molecule has 0 spiro atoms. The molecule has 1 aliphatic rings. The number of benzene rings is 2. The standard InChI is InChI=1S/C25H25N3O3/c1-18(23(29)28(2)25(17-27)14-8-3-9-15-25)31-24(30)22-13-7-6-12-21(22)20-11-5-4-10-19(20)16-26/h4-7,10-13,18H,3,8-9,14-15H2,1-2H3/t18-/m1/s1. The lowest BCUT2D eigenvalue weighted by atomic mass is 9.81. The molecule has 6 nitrogen and oxygen atoms in total. The first-order valence-corrected chi connectivity index (χ1v) is 10.4. The Bertz CT molecular complexity index is 1060. The number of carbonyl (C=O) groups excluding carboxylic acids is 2. The molecule has 1 atom stereocenters. The van der Waals surface area contributed by atoms with Crippen LogP contribution in [0.4, 0.5) is 0 Å². The van der Waals surface area contributed by atoms with Crippen LogP contribution in [0.5, 0.6) is 0 Å². The number of nitriles is 2. The van der Waals surface area contributed by atoms with Crippen LogP contribution in [0.3, 0.4) is 0 Å². The van der Waals surface area contributed by atoms with Gasteiger partial charge in [-0.25, -0.2) is 4.79 Å². The van der Waals surface area contributed by atoms with Crippen molar-refractivity contribution in [3.8, 4) is 23.3 Å². The van der Waals surface area contributed by atoms with Gasteiger partial charge in [0.2, 0.25) is 0 Å². The van der Waals surface area contributed by atoms with Gasteiger partial charge in [0.15, 0.2) is 6.10 Å². The van der Waals surface area contributed by atoms with Crippen LogP contribution in [0.2, 0.25) is 0 Å². The van der Waals surface area contributed by atoms with Crippen LogP contribution < -0.4 is 0 Å². The molecule has 0 aromatic heterocycles. The highest BCUT2D eigenvalue weighted by Crippen LogP contribution is 2.33. The molecule has 1 aliphatic carbocycles. The molecule has 0 radical (unpaired) electrons. The number of likely N-dealkylation sites (N-methyl/N-ethyl adjacent to an activating group) is 1. The van der Waals surface area contributed by atoms with E-state index in [1.807, 2.05) is 0 Å². The summed E-state index contributed by atoms with van der Waals surface area (Å²) < 4.78 is 5.51. The van der Waals surface area contributed by atoms with Crippen molar-refractivity contribution in [1.82, 2.24) is 4.90 Å². The van der Waals surface area contributed by atoms with E-state index in [4.69, 9.17) is 4.74 Å². The summed E-state index contributed by atoms with van der Waals surface area (Å²) in [5.74, 6) is -1.04. The summed E-state index contributed by atoms with van der Waals surface area (Å²) in [5.41, 5.74) is 1.07. The Balaban J connectivity index is 1.82. The number of rotatable bonds is 5. The molecule has 3 rings (SSSR count). The highest BCUT2D eigenvalue weighted by Gasteiger charge is 2.40. The maximum absolute atomic E-state index is 13.0. The van der Waals surface area contributed by atoms with Crippen molar-refractivity contribution >= 4 is 11.9 Å². The zero-order valence-corrected chi connectivity index (χ0v) is 17.8. The fourth-order valence-electron chi connectivity index (χ4n) is 4.13. The molecule has 0 saturated heterocycles. The van der Waals surface area contributed by atoms with E-state index >= 15 is 0 Å². The highest BCUT2D eigenvalue weighted by atomic mass is 16.5. The van der Waals surface area contributed by atoms with Gasteiger partial charge in [0.25, 0.3) is 5.91 Å². The summed E-state index contributed by atoms with van der Waals surface area (Å²) in [7, 11) is 1.61. The first-order chi connectivity index (χ1) is 14.9. The van der Waals surface area contributed by atoms with E-state index in [1.165, 1.54) is 11.8 Å². The molecule has 0 aliphatic heterocycles. The molecular weight excluding hydrogens is 390 g/mol. The molecule has 31 heavy (non-hydrogen) atoms. The van der Waals surface area contributed by atoms with Crippen LogP contribution in [0, 0.1) is 22.7 Å². The number of hydrogen-bond donors (Lipinski definition) is 0. The maximum Gasteiger partial charge on any atom is 0.339 e. The predicted molar refractivity (Wildman–Crippen MR) is 116 cm³/mol. The van der Waals surface area contributed by atoms with Gasteiger partial charge in [-0.2, -0.15) is 10.5 Å². The van der Waals surface area contributed by atoms with Crippen LogP contribution >= 0.6 is 0 Å². The van der Waals surface area contributed by atoms with Gasteiger partial charge in [0.1, 0.15) is 5.54 Å². The quantitative estimate of drug-likeness (QED) is 0.672. The molecule has 1 saturated carbocycles. The number of amides is 1. The molecule has 1 fully saturated rings. The van der Waals surface area contributed by atoms with Crippen LogP contribution in [-0.4, -0.2) is 35.5 Å². The average molecular weight is 415 g/mol. The minimum atomic E-state index is -1.04. The first kappa shape index (κ1) is 22.1. The van der Waals surface area contributed by atoms with Gasteiger partial charge in [-0.15, -0.1) is 0 Å². The van der Waals surface area contributed by atoms with Crippen molar-refractivity contribution < 1.29 is 14.3 Å². The molecule has 1 amide bonds. The van der Waals surface area contributed by atoms with Gasteiger partial charge in [0, 0.05) is 12.6 Å². The molecule has 6 heteroatoms. The Morgan fingerprint density at radius 3 is 2.26 bits per heavy atom. The zero-order valence-electron chi connectivity index (χ0n) is 17.8. The smallest absolute Gasteiger partial charge is 0.339 e. The maximum atomic E-state index is 13.0. The second-order valence-corrected chi connectivity index (χ2v) is 7.85. The summed E-state index contributed by atoms with van der Waals surface area (Å²) >= 11 is 0. The summed E-state index contributed by atoms with van der Waals surface area (Å²) in [5, 5.41) is 19.2. The van der Waals surface area contributed by atoms with E-state index in [0.717, 1.165) is 19.3 Å². The Labute approximate surface area is 182 Å². The fraction of sp³-hybridized carbons (Fsp3) is 0.360. The predicted octanol–water partition coefficient (Wildman–Crippen LogP) is 4.46. The summed E-state index contributed by atoms with van der Waals surface area (Å²) in [4.78, 5) is 27.4. The van der Waals surface area contributed by atoms with E-state index < -0.39 is 23.5 Å². The number of nitrogens with zero attached hydrogens (tertiary/aromatic N) is 3. The Hall–Kier alpha value is -3.64. The minimum Gasteiger partial charge on any atom is -0.449 e. The Morgan fingerprint density at radius 1 is 1.00 bits per heavy atom. The van der Waals surface area contributed by atoms with E-state index in [0.29, 0.717) is 29.5 Å². The van der Waals surface area contributed by atoms with Crippen molar-refractivity contribution in [1.29, 1.82) is 10.5 Å². The fourth-order valence-corrected chi connectivity index (χ4v) is 4.13. The van der Waals surface area contributed by atoms with Crippen LogP contribution in [0.1, 0.15) is 54.9 Å². The van der Waals surface area contributed by atoms with Gasteiger partial charge >= 0.3 is 5.97 Å². The van der Waals surface area contributed by atoms with E-state index in [1.54, 1.807) is 55.6 Å².